The lowest BCUT2D eigenvalue weighted by Crippen LogP contribution is -2.45. The number of amides is 2. The largest absolute Gasteiger partial charge is 0.486 e. The molecule has 0 radical (unpaired) electrons. The fraction of sp³-hybridized carbons (Fsp3) is 0.571. The van der Waals surface area contributed by atoms with Crippen LogP contribution in [0.5, 0.6) is 11.5 Å². The molecule has 0 spiro atoms. The molecule has 0 aliphatic carbocycles. The Balaban J connectivity index is 1.50. The second-order valence-corrected chi connectivity index (χ2v) is 7.84. The molecule has 8 nitrogen and oxygen atoms in total. The molecular weight excluding hydrogens is 412 g/mol. The van der Waals surface area contributed by atoms with E-state index in [1.165, 1.54) is 4.90 Å². The van der Waals surface area contributed by atoms with E-state index in [9.17, 15) is 14.4 Å². The molecule has 2 heterocycles. The number of halogens is 1. The number of likely N-dealkylation sites (tertiary alicyclic amines) is 1. The zero-order valence-electron chi connectivity index (χ0n) is 17.3. The molecule has 1 aromatic rings. The smallest absolute Gasteiger partial charge is 0.309 e. The van der Waals surface area contributed by atoms with Crippen LogP contribution >= 0.6 is 11.6 Å². The van der Waals surface area contributed by atoms with Gasteiger partial charge in [-0.2, -0.15) is 0 Å². The highest BCUT2D eigenvalue weighted by Gasteiger charge is 2.29. The van der Waals surface area contributed by atoms with Gasteiger partial charge in [0.05, 0.1) is 30.5 Å². The third-order valence-corrected chi connectivity index (χ3v) is 5.56. The van der Waals surface area contributed by atoms with E-state index in [4.69, 9.17) is 25.8 Å². The Kier molecular flexibility index (Phi) is 7.42. The summed E-state index contributed by atoms with van der Waals surface area (Å²) in [7, 11) is 1.60. The normalized spacial score (nSPS) is 16.2. The number of fused-ring (bicyclic) bond motifs is 1. The van der Waals surface area contributed by atoms with Gasteiger partial charge >= 0.3 is 5.97 Å². The number of benzene rings is 1. The third kappa shape index (κ3) is 5.36. The van der Waals surface area contributed by atoms with Gasteiger partial charge in [-0.25, -0.2) is 0 Å². The first kappa shape index (κ1) is 22.2. The Morgan fingerprint density at radius 2 is 1.90 bits per heavy atom. The van der Waals surface area contributed by atoms with E-state index < -0.39 is 0 Å². The number of carbonyl (C=O) groups excluding carboxylic acids is 3. The number of esters is 1. The fourth-order valence-corrected chi connectivity index (χ4v) is 3.88. The molecule has 1 fully saturated rings. The zero-order valence-corrected chi connectivity index (χ0v) is 18.1. The van der Waals surface area contributed by atoms with E-state index in [1.807, 2.05) is 0 Å². The maximum atomic E-state index is 12.6. The summed E-state index contributed by atoms with van der Waals surface area (Å²) in [5.74, 6) is 0.336. The third-order valence-electron chi connectivity index (χ3n) is 5.28. The molecule has 3 rings (SSSR count). The predicted molar refractivity (Wildman–Crippen MR) is 110 cm³/mol. The van der Waals surface area contributed by atoms with E-state index in [0.29, 0.717) is 67.8 Å². The molecule has 9 heteroatoms. The minimum Gasteiger partial charge on any atom is -0.486 e. The van der Waals surface area contributed by atoms with Crippen molar-refractivity contribution in [2.75, 3.05) is 46.5 Å². The van der Waals surface area contributed by atoms with Crippen LogP contribution in [-0.4, -0.2) is 74.1 Å². The van der Waals surface area contributed by atoms with Crippen LogP contribution in [0.25, 0.3) is 0 Å². The Bertz CT molecular complexity index is 807. The first-order valence-electron chi connectivity index (χ1n) is 10.2. The van der Waals surface area contributed by atoms with Gasteiger partial charge in [-0.3, -0.25) is 14.4 Å². The molecular formula is C21H27ClN2O6. The number of hydrogen-bond donors (Lipinski definition) is 0. The van der Waals surface area contributed by atoms with Crippen LogP contribution in [-0.2, 0) is 25.5 Å². The van der Waals surface area contributed by atoms with E-state index in [0.717, 1.165) is 0 Å². The summed E-state index contributed by atoms with van der Waals surface area (Å²) in [5, 5.41) is 0.401. The number of nitrogens with zero attached hydrogens (tertiary/aromatic N) is 2. The fourth-order valence-electron chi connectivity index (χ4n) is 3.59. The van der Waals surface area contributed by atoms with Gasteiger partial charge < -0.3 is 24.0 Å². The van der Waals surface area contributed by atoms with Crippen molar-refractivity contribution in [3.63, 3.8) is 0 Å². The van der Waals surface area contributed by atoms with Crippen molar-refractivity contribution in [3.05, 3.63) is 22.7 Å². The summed E-state index contributed by atoms with van der Waals surface area (Å²) in [6.45, 7) is 3.97. The molecule has 0 bridgehead atoms. The van der Waals surface area contributed by atoms with Crippen LogP contribution in [0.4, 0.5) is 0 Å². The number of rotatable bonds is 6. The molecule has 30 heavy (non-hydrogen) atoms. The Hall–Kier alpha value is -2.48. The van der Waals surface area contributed by atoms with Gasteiger partial charge in [-0.15, -0.1) is 0 Å². The van der Waals surface area contributed by atoms with Gasteiger partial charge in [0.15, 0.2) is 11.5 Å². The van der Waals surface area contributed by atoms with Gasteiger partial charge in [-0.05, 0) is 37.5 Å². The van der Waals surface area contributed by atoms with Crippen molar-refractivity contribution in [1.29, 1.82) is 0 Å². The van der Waals surface area contributed by atoms with E-state index >= 15 is 0 Å². The average Bonchev–Trinajstić information content (AvgIpc) is 2.74. The van der Waals surface area contributed by atoms with Crippen LogP contribution in [0, 0.1) is 5.92 Å². The lowest BCUT2D eigenvalue weighted by molar-refractivity contribution is -0.151. The van der Waals surface area contributed by atoms with E-state index in [2.05, 4.69) is 0 Å². The summed E-state index contributed by atoms with van der Waals surface area (Å²) in [6, 6.07) is 3.43. The first-order chi connectivity index (χ1) is 14.4. The van der Waals surface area contributed by atoms with E-state index in [1.54, 1.807) is 31.0 Å². The maximum absolute atomic E-state index is 12.6. The zero-order chi connectivity index (χ0) is 21.7. The molecule has 0 atom stereocenters. The summed E-state index contributed by atoms with van der Waals surface area (Å²) in [5.41, 5.74) is 0.698. The van der Waals surface area contributed by atoms with Crippen molar-refractivity contribution in [2.45, 2.75) is 26.2 Å². The molecule has 0 saturated carbocycles. The molecule has 2 aliphatic heterocycles. The van der Waals surface area contributed by atoms with Crippen LogP contribution in [0.2, 0.25) is 5.02 Å². The lowest BCUT2D eigenvalue weighted by atomic mass is 9.97. The second kappa shape index (κ2) is 10.0. The van der Waals surface area contributed by atoms with Crippen LogP contribution in [0.3, 0.4) is 0 Å². The molecule has 164 valence electrons. The van der Waals surface area contributed by atoms with Gasteiger partial charge in [0, 0.05) is 20.1 Å². The lowest BCUT2D eigenvalue weighted by Gasteiger charge is -2.32. The van der Waals surface area contributed by atoms with Crippen LogP contribution in [0.1, 0.15) is 25.3 Å². The number of piperidine rings is 1. The van der Waals surface area contributed by atoms with Crippen molar-refractivity contribution < 1.29 is 28.6 Å². The first-order valence-corrected chi connectivity index (χ1v) is 10.5. The summed E-state index contributed by atoms with van der Waals surface area (Å²) in [6.07, 6.45) is 1.26. The minimum atomic E-state index is -0.199. The predicted octanol–water partition coefficient (Wildman–Crippen LogP) is 1.91. The Labute approximate surface area is 181 Å². The summed E-state index contributed by atoms with van der Waals surface area (Å²) >= 11 is 6.23. The molecule has 0 unspecified atom stereocenters. The van der Waals surface area contributed by atoms with Gasteiger partial charge in [0.25, 0.3) is 0 Å². The highest BCUT2D eigenvalue weighted by Crippen LogP contribution is 2.38. The van der Waals surface area contributed by atoms with Gasteiger partial charge in [0.1, 0.15) is 13.2 Å². The average molecular weight is 439 g/mol. The number of hydrogen-bond acceptors (Lipinski definition) is 6. The molecule has 0 aromatic heterocycles. The quantitative estimate of drug-likeness (QED) is 0.631. The van der Waals surface area contributed by atoms with Crippen LogP contribution in [0.15, 0.2) is 12.1 Å². The molecule has 1 aromatic carbocycles. The Morgan fingerprint density at radius 3 is 2.60 bits per heavy atom. The van der Waals surface area contributed by atoms with Crippen LogP contribution < -0.4 is 9.47 Å². The Morgan fingerprint density at radius 1 is 1.20 bits per heavy atom. The van der Waals surface area contributed by atoms with E-state index in [-0.39, 0.29) is 36.7 Å². The van der Waals surface area contributed by atoms with Crippen molar-refractivity contribution in [2.24, 2.45) is 5.92 Å². The molecule has 1 saturated heterocycles. The molecule has 0 N–H and O–H groups in total. The number of carbonyl (C=O) groups is 3. The highest BCUT2D eigenvalue weighted by molar-refractivity contribution is 6.32. The van der Waals surface area contributed by atoms with Gasteiger partial charge in [-0.1, -0.05) is 11.6 Å². The highest BCUT2D eigenvalue weighted by atomic mass is 35.5. The maximum Gasteiger partial charge on any atom is 0.309 e. The topological polar surface area (TPSA) is 85.4 Å². The van der Waals surface area contributed by atoms with Crippen molar-refractivity contribution >= 4 is 29.4 Å². The molecule has 2 amide bonds. The second-order valence-electron chi connectivity index (χ2n) is 7.44. The number of likely N-dealkylation sites (N-methyl/N-ethyl adjacent to an activating group) is 1. The summed E-state index contributed by atoms with van der Waals surface area (Å²) in [4.78, 5) is 40.1. The SMILES string of the molecule is CCOC(=O)C1CCN(C(=O)CN(C)C(=O)Cc2cc(Cl)c3c(c2)OCCO3)CC1. The minimum absolute atomic E-state index is 0.0127. The molecule has 2 aliphatic rings. The van der Waals surface area contributed by atoms with Crippen molar-refractivity contribution in [3.8, 4) is 11.5 Å². The monoisotopic (exact) mass is 438 g/mol. The number of ether oxygens (including phenoxy) is 3. The standard InChI is InChI=1S/C21H27ClN2O6/c1-3-28-21(27)15-4-6-24(7-5-15)19(26)13-23(2)18(25)12-14-10-16(22)20-17(11-14)29-8-9-30-20/h10-11,15H,3-9,12-13H2,1-2H3. The van der Waals surface area contributed by atoms with Crippen molar-refractivity contribution in [1.82, 2.24) is 9.80 Å². The van der Waals surface area contributed by atoms with Gasteiger partial charge in [0.2, 0.25) is 11.8 Å². The summed E-state index contributed by atoms with van der Waals surface area (Å²) < 4.78 is 16.1.